The van der Waals surface area contributed by atoms with E-state index in [1.165, 1.54) is 0 Å². The highest BCUT2D eigenvalue weighted by Crippen LogP contribution is 2.37. The molecule has 0 saturated carbocycles. The van der Waals surface area contributed by atoms with Crippen molar-refractivity contribution in [1.82, 2.24) is 0 Å². The topological polar surface area (TPSA) is 99.3 Å². The Labute approximate surface area is 159 Å². The fourth-order valence-electron chi connectivity index (χ4n) is 2.54. The lowest BCUT2D eigenvalue weighted by Gasteiger charge is -2.12. The molecule has 1 unspecified atom stereocenters. The van der Waals surface area contributed by atoms with Crippen LogP contribution in [0.25, 0.3) is 10.8 Å². The predicted molar refractivity (Wildman–Crippen MR) is 104 cm³/mol. The summed E-state index contributed by atoms with van der Waals surface area (Å²) in [4.78, 5) is 23.0. The van der Waals surface area contributed by atoms with Crippen molar-refractivity contribution in [2.75, 3.05) is 0 Å². The number of hydrogen-bond donors (Lipinski definition) is 2. The summed E-state index contributed by atoms with van der Waals surface area (Å²) in [6.07, 6.45) is -0.455. The highest BCUT2D eigenvalue weighted by Gasteiger charge is 2.23. The van der Waals surface area contributed by atoms with Crippen LogP contribution < -0.4 is 0 Å². The first kappa shape index (κ1) is 18.6. The monoisotopic (exact) mass is 380 g/mol. The van der Waals surface area contributed by atoms with Crippen molar-refractivity contribution in [2.45, 2.75) is 16.6 Å². The molecule has 6 nitrogen and oxygen atoms in total. The highest BCUT2D eigenvalue weighted by atomic mass is 32.2. The number of hydrogen-bond acceptors (Lipinski definition) is 5. The Hall–Kier alpha value is -3.19. The lowest BCUT2D eigenvalue weighted by molar-refractivity contribution is -0.142. The molecule has 0 spiro atoms. The molecular formula is C20H16N2O4S. The van der Waals surface area contributed by atoms with Gasteiger partial charge in [-0.2, -0.15) is 5.11 Å². The fraction of sp³-hybridized carbons (Fsp3) is 0.100. The molecule has 0 amide bonds. The van der Waals surface area contributed by atoms with Crippen LogP contribution in [-0.2, 0) is 9.59 Å². The van der Waals surface area contributed by atoms with Gasteiger partial charge in [0.2, 0.25) is 0 Å². The van der Waals surface area contributed by atoms with Gasteiger partial charge in [-0.1, -0.05) is 42.5 Å². The third kappa shape index (κ3) is 4.71. The molecule has 27 heavy (non-hydrogen) atoms. The van der Waals surface area contributed by atoms with Crippen LogP contribution in [-0.4, -0.2) is 27.4 Å². The van der Waals surface area contributed by atoms with Crippen molar-refractivity contribution in [2.24, 2.45) is 10.2 Å². The number of fused-ring (bicyclic) bond motifs is 1. The van der Waals surface area contributed by atoms with Crippen molar-refractivity contribution in [3.63, 3.8) is 0 Å². The first-order chi connectivity index (χ1) is 13.0. The van der Waals surface area contributed by atoms with Crippen LogP contribution in [0, 0.1) is 0 Å². The van der Waals surface area contributed by atoms with Crippen molar-refractivity contribution >= 4 is 45.8 Å². The molecular weight excluding hydrogens is 364 g/mol. The maximum atomic E-state index is 11.4. The van der Waals surface area contributed by atoms with Crippen molar-refractivity contribution in [3.8, 4) is 0 Å². The van der Waals surface area contributed by atoms with Gasteiger partial charge in [0.25, 0.3) is 0 Å². The van der Waals surface area contributed by atoms with E-state index in [1.807, 2.05) is 54.6 Å². The Morgan fingerprint density at radius 1 is 0.852 bits per heavy atom. The van der Waals surface area contributed by atoms with Crippen LogP contribution in [0.5, 0.6) is 0 Å². The number of carboxylic acids is 2. The summed E-state index contributed by atoms with van der Waals surface area (Å²) in [5.41, 5.74) is 1.39. The van der Waals surface area contributed by atoms with Gasteiger partial charge >= 0.3 is 11.9 Å². The second-order valence-electron chi connectivity index (χ2n) is 5.71. The Balaban J connectivity index is 1.96. The van der Waals surface area contributed by atoms with Crippen LogP contribution >= 0.6 is 11.8 Å². The number of thioether (sulfide) groups is 1. The van der Waals surface area contributed by atoms with Gasteiger partial charge in [-0.3, -0.25) is 9.59 Å². The molecule has 0 saturated heterocycles. The molecule has 3 aromatic carbocycles. The number of carboxylic acid groups (broad SMARTS) is 2. The van der Waals surface area contributed by atoms with Gasteiger partial charge in [0.15, 0.2) is 0 Å². The average molecular weight is 380 g/mol. The van der Waals surface area contributed by atoms with E-state index in [9.17, 15) is 14.7 Å². The summed E-state index contributed by atoms with van der Waals surface area (Å²) >= 11 is 1.03. The van der Waals surface area contributed by atoms with Gasteiger partial charge in [-0.25, -0.2) is 0 Å². The van der Waals surface area contributed by atoms with Crippen LogP contribution in [0.2, 0.25) is 0 Å². The quantitative estimate of drug-likeness (QED) is 0.429. The minimum Gasteiger partial charge on any atom is -0.481 e. The van der Waals surface area contributed by atoms with E-state index in [4.69, 9.17) is 5.11 Å². The first-order valence-electron chi connectivity index (χ1n) is 8.14. The number of aliphatic carboxylic acids is 2. The van der Waals surface area contributed by atoms with Gasteiger partial charge < -0.3 is 10.2 Å². The molecule has 0 aliphatic rings. The van der Waals surface area contributed by atoms with E-state index < -0.39 is 23.6 Å². The van der Waals surface area contributed by atoms with Gasteiger partial charge in [0.05, 0.1) is 17.8 Å². The largest absolute Gasteiger partial charge is 0.481 e. The van der Waals surface area contributed by atoms with E-state index in [-0.39, 0.29) is 0 Å². The van der Waals surface area contributed by atoms with Crippen molar-refractivity contribution in [3.05, 3.63) is 66.7 Å². The Morgan fingerprint density at radius 2 is 1.52 bits per heavy atom. The molecule has 0 aromatic heterocycles. The highest BCUT2D eigenvalue weighted by molar-refractivity contribution is 8.00. The predicted octanol–water partition coefficient (Wildman–Crippen LogP) is 5.28. The summed E-state index contributed by atoms with van der Waals surface area (Å²) in [7, 11) is 0. The molecule has 0 fully saturated rings. The van der Waals surface area contributed by atoms with Gasteiger partial charge in [0, 0.05) is 10.3 Å². The smallest absolute Gasteiger partial charge is 0.317 e. The SMILES string of the molecule is O=C(O)CC(Sc1ccc(N=Nc2ccccc2)c2ccccc12)C(=O)O. The first-order valence-corrected chi connectivity index (χ1v) is 9.02. The number of nitrogens with zero attached hydrogens (tertiary/aromatic N) is 2. The maximum Gasteiger partial charge on any atom is 0.317 e. The van der Waals surface area contributed by atoms with E-state index in [1.54, 1.807) is 12.1 Å². The van der Waals surface area contributed by atoms with Crippen molar-refractivity contribution in [1.29, 1.82) is 0 Å². The fourth-order valence-corrected chi connectivity index (χ4v) is 3.63. The summed E-state index contributed by atoms with van der Waals surface area (Å²) in [6, 6.07) is 20.3. The van der Waals surface area contributed by atoms with Gasteiger partial charge in [-0.15, -0.1) is 16.9 Å². The molecule has 3 aromatic rings. The van der Waals surface area contributed by atoms with E-state index in [2.05, 4.69) is 10.2 Å². The Morgan fingerprint density at radius 3 is 2.19 bits per heavy atom. The maximum absolute atomic E-state index is 11.4. The minimum atomic E-state index is -1.15. The van der Waals surface area contributed by atoms with E-state index in [0.717, 1.165) is 28.2 Å². The third-order valence-electron chi connectivity index (χ3n) is 3.80. The number of benzene rings is 3. The third-order valence-corrected chi connectivity index (χ3v) is 5.06. The molecule has 0 aliphatic carbocycles. The summed E-state index contributed by atoms with van der Waals surface area (Å²) in [6.45, 7) is 0. The average Bonchev–Trinajstić information content (AvgIpc) is 2.67. The Bertz CT molecular complexity index is 1010. The second-order valence-corrected chi connectivity index (χ2v) is 6.95. The molecule has 7 heteroatoms. The van der Waals surface area contributed by atoms with Gasteiger partial charge in [-0.05, 0) is 29.7 Å². The van der Waals surface area contributed by atoms with Crippen molar-refractivity contribution < 1.29 is 19.8 Å². The van der Waals surface area contributed by atoms with Crippen LogP contribution in [0.15, 0.2) is 81.9 Å². The number of rotatable bonds is 7. The zero-order chi connectivity index (χ0) is 19.2. The normalized spacial score (nSPS) is 12.3. The summed E-state index contributed by atoms with van der Waals surface area (Å²) in [5.74, 6) is -2.30. The van der Waals surface area contributed by atoms with E-state index >= 15 is 0 Å². The summed E-state index contributed by atoms with van der Waals surface area (Å²) < 4.78 is 0. The molecule has 1 atom stereocenters. The van der Waals surface area contributed by atoms with Crippen LogP contribution in [0.3, 0.4) is 0 Å². The lowest BCUT2D eigenvalue weighted by Crippen LogP contribution is -2.20. The van der Waals surface area contributed by atoms with Crippen LogP contribution in [0.1, 0.15) is 6.42 Å². The number of azo groups is 1. The standard InChI is InChI=1S/C20H16N2O4S/c23-19(24)12-18(20(25)26)27-17-11-10-16(14-8-4-5-9-15(14)17)22-21-13-6-2-1-3-7-13/h1-11,18H,12H2,(H,23,24)(H,25,26). The molecule has 136 valence electrons. The molecule has 0 bridgehead atoms. The Kier molecular flexibility index (Phi) is 5.83. The number of carbonyl (C=O) groups is 2. The molecule has 0 radical (unpaired) electrons. The molecule has 0 aliphatic heterocycles. The molecule has 2 N–H and O–H groups in total. The zero-order valence-corrected chi connectivity index (χ0v) is 15.0. The van der Waals surface area contributed by atoms with Gasteiger partial charge in [0.1, 0.15) is 5.25 Å². The zero-order valence-electron chi connectivity index (χ0n) is 14.1. The van der Waals surface area contributed by atoms with Crippen LogP contribution in [0.4, 0.5) is 11.4 Å². The molecule has 0 heterocycles. The minimum absolute atomic E-state index is 0.455. The van der Waals surface area contributed by atoms with E-state index in [0.29, 0.717) is 10.6 Å². The summed E-state index contributed by atoms with van der Waals surface area (Å²) in [5, 5.41) is 27.4. The second kappa shape index (κ2) is 8.46. The lowest BCUT2D eigenvalue weighted by atomic mass is 10.1. The molecule has 3 rings (SSSR count).